The quantitative estimate of drug-likeness (QED) is 0.806. The minimum absolute atomic E-state index is 0.0301. The third-order valence-corrected chi connectivity index (χ3v) is 4.14. The smallest absolute Gasteiger partial charge is 0.130 e. The first-order valence-corrected chi connectivity index (χ1v) is 7.58. The van der Waals surface area contributed by atoms with Crippen LogP contribution >= 0.6 is 0 Å². The number of hydrogen-bond acceptors (Lipinski definition) is 3. The van der Waals surface area contributed by atoms with Gasteiger partial charge in [-0.05, 0) is 44.9 Å². The Hall–Kier alpha value is -1.13. The van der Waals surface area contributed by atoms with E-state index in [2.05, 4.69) is 10.2 Å². The monoisotopic (exact) mass is 280 g/mol. The molecule has 0 amide bonds. The molecule has 0 aliphatic heterocycles. The minimum atomic E-state index is -0.168. The molecule has 2 N–H and O–H groups in total. The Bertz CT molecular complexity index is 434. The lowest BCUT2D eigenvalue weighted by molar-refractivity contribution is 0.283. The summed E-state index contributed by atoms with van der Waals surface area (Å²) in [6, 6.07) is 5.66. The average Bonchev–Trinajstić information content (AvgIpc) is 2.36. The van der Waals surface area contributed by atoms with Crippen molar-refractivity contribution < 1.29 is 9.50 Å². The molecule has 4 heteroatoms. The van der Waals surface area contributed by atoms with Gasteiger partial charge >= 0.3 is 0 Å². The third kappa shape index (κ3) is 3.13. The molecule has 0 radical (unpaired) electrons. The molecule has 1 unspecified atom stereocenters. The predicted molar refractivity (Wildman–Crippen MR) is 80.6 cm³/mol. The molecule has 1 aliphatic rings. The summed E-state index contributed by atoms with van der Waals surface area (Å²) in [4.78, 5) is 2.18. The molecule has 1 atom stereocenters. The summed E-state index contributed by atoms with van der Waals surface area (Å²) in [7, 11) is 0. The number of anilines is 1. The summed E-state index contributed by atoms with van der Waals surface area (Å²) in [6.07, 6.45) is 3.48. The van der Waals surface area contributed by atoms with E-state index in [0.717, 1.165) is 30.6 Å². The molecular formula is C16H25FN2O. The van der Waals surface area contributed by atoms with Gasteiger partial charge in [0, 0.05) is 29.9 Å². The van der Waals surface area contributed by atoms with Crippen LogP contribution in [0.2, 0.25) is 0 Å². The fourth-order valence-electron chi connectivity index (χ4n) is 2.92. The highest BCUT2D eigenvalue weighted by Crippen LogP contribution is 2.35. The number of halogens is 1. The molecular weight excluding hydrogens is 255 g/mol. The molecule has 20 heavy (non-hydrogen) atoms. The van der Waals surface area contributed by atoms with Crippen LogP contribution in [0.4, 0.5) is 10.1 Å². The van der Waals surface area contributed by atoms with Crippen molar-refractivity contribution in [2.45, 2.75) is 45.2 Å². The van der Waals surface area contributed by atoms with E-state index in [1.165, 1.54) is 12.5 Å². The zero-order chi connectivity index (χ0) is 14.5. The van der Waals surface area contributed by atoms with Crippen LogP contribution in [-0.4, -0.2) is 30.8 Å². The first-order chi connectivity index (χ1) is 9.69. The summed E-state index contributed by atoms with van der Waals surface area (Å²) < 4.78 is 14.3. The maximum Gasteiger partial charge on any atom is 0.130 e. The van der Waals surface area contributed by atoms with Gasteiger partial charge in [0.15, 0.2) is 0 Å². The predicted octanol–water partition coefficient (Wildman–Crippen LogP) is 2.85. The van der Waals surface area contributed by atoms with Gasteiger partial charge in [-0.3, -0.25) is 0 Å². The van der Waals surface area contributed by atoms with Crippen LogP contribution in [-0.2, 0) is 0 Å². The van der Waals surface area contributed by atoms with Gasteiger partial charge in [-0.1, -0.05) is 13.0 Å². The van der Waals surface area contributed by atoms with Crippen LogP contribution in [0.25, 0.3) is 0 Å². The Kier molecular flexibility index (Phi) is 5.38. The van der Waals surface area contributed by atoms with Crippen molar-refractivity contribution in [2.75, 3.05) is 24.6 Å². The number of benzene rings is 1. The van der Waals surface area contributed by atoms with Crippen molar-refractivity contribution in [3.05, 3.63) is 29.6 Å². The van der Waals surface area contributed by atoms with Crippen molar-refractivity contribution >= 4 is 5.69 Å². The Morgan fingerprint density at radius 3 is 2.75 bits per heavy atom. The van der Waals surface area contributed by atoms with Gasteiger partial charge in [-0.15, -0.1) is 0 Å². The maximum absolute atomic E-state index is 14.3. The van der Waals surface area contributed by atoms with E-state index in [9.17, 15) is 9.50 Å². The second-order valence-electron chi connectivity index (χ2n) is 5.45. The molecule has 3 nitrogen and oxygen atoms in total. The molecule has 0 bridgehead atoms. The molecule has 0 saturated heterocycles. The first-order valence-electron chi connectivity index (χ1n) is 7.58. The highest BCUT2D eigenvalue weighted by molar-refractivity contribution is 5.56. The highest BCUT2D eigenvalue weighted by atomic mass is 19.1. The summed E-state index contributed by atoms with van der Waals surface area (Å²) in [6.45, 7) is 5.48. The van der Waals surface area contributed by atoms with E-state index in [1.807, 2.05) is 19.9 Å². The first kappa shape index (κ1) is 15.3. The van der Waals surface area contributed by atoms with E-state index >= 15 is 0 Å². The van der Waals surface area contributed by atoms with E-state index in [4.69, 9.17) is 0 Å². The number of rotatable bonds is 7. The molecule has 1 fully saturated rings. The number of hydrogen-bond donors (Lipinski definition) is 2. The summed E-state index contributed by atoms with van der Waals surface area (Å²) >= 11 is 0. The van der Waals surface area contributed by atoms with Crippen molar-refractivity contribution in [1.29, 1.82) is 0 Å². The normalized spacial score (nSPS) is 16.8. The highest BCUT2D eigenvalue weighted by Gasteiger charge is 2.28. The van der Waals surface area contributed by atoms with Crippen molar-refractivity contribution in [3.8, 4) is 0 Å². The third-order valence-electron chi connectivity index (χ3n) is 4.14. The number of aliphatic hydroxyl groups is 1. The zero-order valence-electron chi connectivity index (χ0n) is 12.4. The van der Waals surface area contributed by atoms with Gasteiger partial charge in [0.2, 0.25) is 0 Å². The summed E-state index contributed by atoms with van der Waals surface area (Å²) in [5.41, 5.74) is 1.65. The second-order valence-corrected chi connectivity index (χ2v) is 5.45. The molecule has 0 heterocycles. The number of nitrogens with one attached hydrogen (secondary N) is 1. The second kappa shape index (κ2) is 7.04. The van der Waals surface area contributed by atoms with Gasteiger partial charge in [-0.2, -0.15) is 0 Å². The van der Waals surface area contributed by atoms with E-state index < -0.39 is 0 Å². The topological polar surface area (TPSA) is 35.5 Å². The molecule has 1 aromatic carbocycles. The summed E-state index contributed by atoms with van der Waals surface area (Å²) in [5.74, 6) is -0.168. The van der Waals surface area contributed by atoms with E-state index in [1.54, 1.807) is 6.07 Å². The van der Waals surface area contributed by atoms with E-state index in [0.29, 0.717) is 12.6 Å². The zero-order valence-corrected chi connectivity index (χ0v) is 12.4. The lowest BCUT2D eigenvalue weighted by atomic mass is 9.90. The average molecular weight is 280 g/mol. The summed E-state index contributed by atoms with van der Waals surface area (Å²) in [5, 5.41) is 12.6. The van der Waals surface area contributed by atoms with Crippen LogP contribution in [0, 0.1) is 5.82 Å². The van der Waals surface area contributed by atoms with Gasteiger partial charge < -0.3 is 15.3 Å². The maximum atomic E-state index is 14.3. The van der Waals surface area contributed by atoms with Crippen molar-refractivity contribution in [2.24, 2.45) is 0 Å². The standard InChI is InChI=1S/C16H25FN2O/c1-3-18-12(2)16-14(17)8-5-9-15(16)19(10-11-20)13-6-4-7-13/h5,8-9,12-13,18,20H,3-4,6-7,10-11H2,1-2H3. The minimum Gasteiger partial charge on any atom is -0.395 e. The molecule has 112 valence electrons. The lowest BCUT2D eigenvalue weighted by Gasteiger charge is -2.40. The molecule has 1 saturated carbocycles. The Morgan fingerprint density at radius 1 is 1.45 bits per heavy atom. The van der Waals surface area contributed by atoms with Crippen molar-refractivity contribution in [1.82, 2.24) is 5.32 Å². The van der Waals surface area contributed by atoms with Crippen molar-refractivity contribution in [3.63, 3.8) is 0 Å². The largest absolute Gasteiger partial charge is 0.395 e. The number of aliphatic hydroxyl groups excluding tert-OH is 1. The molecule has 2 rings (SSSR count). The van der Waals surface area contributed by atoms with Crippen LogP contribution in [0.15, 0.2) is 18.2 Å². The van der Waals surface area contributed by atoms with Crippen LogP contribution in [0.3, 0.4) is 0 Å². The van der Waals surface area contributed by atoms with E-state index in [-0.39, 0.29) is 18.5 Å². The molecule has 1 aromatic rings. The van der Waals surface area contributed by atoms with Crippen LogP contribution < -0.4 is 10.2 Å². The van der Waals surface area contributed by atoms with Gasteiger partial charge in [0.25, 0.3) is 0 Å². The van der Waals surface area contributed by atoms with Gasteiger partial charge in [-0.25, -0.2) is 4.39 Å². The molecule has 1 aliphatic carbocycles. The van der Waals surface area contributed by atoms with Gasteiger partial charge in [0.1, 0.15) is 5.82 Å². The Morgan fingerprint density at radius 2 is 2.20 bits per heavy atom. The van der Waals surface area contributed by atoms with Crippen LogP contribution in [0.1, 0.15) is 44.7 Å². The van der Waals surface area contributed by atoms with Gasteiger partial charge in [0.05, 0.1) is 6.61 Å². The molecule has 0 aromatic heterocycles. The Labute approximate surface area is 120 Å². The SMILES string of the molecule is CCNC(C)c1c(F)cccc1N(CCO)C1CCC1. The van der Waals surface area contributed by atoms with Crippen LogP contribution in [0.5, 0.6) is 0 Å². The Balaban J connectivity index is 2.34. The number of nitrogens with zero attached hydrogens (tertiary/aromatic N) is 1. The lowest BCUT2D eigenvalue weighted by Crippen LogP contribution is -2.43. The molecule has 0 spiro atoms. The fourth-order valence-corrected chi connectivity index (χ4v) is 2.92. The fraction of sp³-hybridized carbons (Fsp3) is 0.625.